The number of anilines is 1. The van der Waals surface area contributed by atoms with Crippen molar-refractivity contribution in [2.45, 2.75) is 12.8 Å². The van der Waals surface area contributed by atoms with Crippen molar-refractivity contribution >= 4 is 11.6 Å². The number of pyridine rings is 1. The third-order valence-corrected chi connectivity index (χ3v) is 3.38. The molecule has 20 heavy (non-hydrogen) atoms. The largest absolute Gasteiger partial charge is 0.381 e. The number of rotatable bonds is 3. The summed E-state index contributed by atoms with van der Waals surface area (Å²) in [6.07, 6.45) is 8.43. The molecular weight excluding hydrogens is 256 g/mol. The van der Waals surface area contributed by atoms with Gasteiger partial charge >= 0.3 is 0 Å². The van der Waals surface area contributed by atoms with Gasteiger partial charge in [0.2, 0.25) is 5.91 Å². The summed E-state index contributed by atoms with van der Waals surface area (Å²) in [4.78, 5) is 20.3. The molecule has 3 rings (SSSR count). The van der Waals surface area contributed by atoms with Gasteiger partial charge in [0.25, 0.3) is 0 Å². The number of hydrogen-bond donors (Lipinski definition) is 1. The Morgan fingerprint density at radius 3 is 2.85 bits per heavy atom. The number of nitrogens with one attached hydrogen (secondary N) is 1. The van der Waals surface area contributed by atoms with Crippen molar-refractivity contribution in [1.29, 1.82) is 0 Å². The average molecular weight is 272 g/mol. The third-order valence-electron chi connectivity index (χ3n) is 3.38. The predicted octanol–water partition coefficient (Wildman–Crippen LogP) is 1.63. The van der Waals surface area contributed by atoms with Crippen molar-refractivity contribution in [2.75, 3.05) is 18.5 Å². The van der Waals surface area contributed by atoms with Crippen LogP contribution in [-0.2, 0) is 9.53 Å². The van der Waals surface area contributed by atoms with Gasteiger partial charge in [-0.3, -0.25) is 9.36 Å². The fourth-order valence-electron chi connectivity index (χ4n) is 2.21. The van der Waals surface area contributed by atoms with Crippen molar-refractivity contribution < 1.29 is 9.53 Å². The molecule has 3 heterocycles. The highest BCUT2D eigenvalue weighted by Gasteiger charge is 2.21. The molecule has 1 aliphatic rings. The van der Waals surface area contributed by atoms with Gasteiger partial charge in [-0.1, -0.05) is 0 Å². The zero-order chi connectivity index (χ0) is 13.8. The molecular formula is C14H16N4O2. The molecule has 104 valence electrons. The number of imidazole rings is 1. The SMILES string of the molecule is O=C(Nc1ccc(-n2ccnc2)nc1)C1CCOCC1. The summed E-state index contributed by atoms with van der Waals surface area (Å²) < 4.78 is 7.07. The Labute approximate surface area is 116 Å². The van der Waals surface area contributed by atoms with Crippen LogP contribution in [0.15, 0.2) is 37.1 Å². The maximum Gasteiger partial charge on any atom is 0.227 e. The highest BCUT2D eigenvalue weighted by Crippen LogP contribution is 2.17. The molecule has 0 unspecified atom stereocenters. The Balaban J connectivity index is 1.64. The Kier molecular flexibility index (Phi) is 3.73. The molecule has 6 heteroatoms. The van der Waals surface area contributed by atoms with Crippen LogP contribution >= 0.6 is 0 Å². The first-order chi connectivity index (χ1) is 9.83. The number of carbonyl (C=O) groups is 1. The smallest absolute Gasteiger partial charge is 0.227 e. The van der Waals surface area contributed by atoms with Gasteiger partial charge in [-0.05, 0) is 25.0 Å². The lowest BCUT2D eigenvalue weighted by Gasteiger charge is -2.21. The number of hydrogen-bond acceptors (Lipinski definition) is 4. The zero-order valence-corrected chi connectivity index (χ0v) is 11.0. The minimum Gasteiger partial charge on any atom is -0.381 e. The van der Waals surface area contributed by atoms with Crippen LogP contribution in [0.5, 0.6) is 0 Å². The molecule has 1 N–H and O–H groups in total. The molecule has 0 aromatic carbocycles. The lowest BCUT2D eigenvalue weighted by atomic mass is 9.99. The first-order valence-corrected chi connectivity index (χ1v) is 6.66. The van der Waals surface area contributed by atoms with Gasteiger partial charge in [-0.15, -0.1) is 0 Å². The monoisotopic (exact) mass is 272 g/mol. The van der Waals surface area contributed by atoms with E-state index >= 15 is 0 Å². The van der Waals surface area contributed by atoms with E-state index in [1.807, 2.05) is 22.9 Å². The lowest BCUT2D eigenvalue weighted by Crippen LogP contribution is -2.28. The van der Waals surface area contributed by atoms with E-state index in [2.05, 4.69) is 15.3 Å². The van der Waals surface area contributed by atoms with E-state index in [1.165, 1.54) is 0 Å². The van der Waals surface area contributed by atoms with Crippen LogP contribution in [-0.4, -0.2) is 33.7 Å². The van der Waals surface area contributed by atoms with E-state index in [9.17, 15) is 4.79 Å². The maximum atomic E-state index is 12.1. The van der Waals surface area contributed by atoms with Gasteiger partial charge in [-0.25, -0.2) is 9.97 Å². The molecule has 0 radical (unpaired) electrons. The summed E-state index contributed by atoms with van der Waals surface area (Å²) in [5.74, 6) is 0.856. The Hall–Kier alpha value is -2.21. The van der Waals surface area contributed by atoms with Crippen molar-refractivity contribution in [1.82, 2.24) is 14.5 Å². The Morgan fingerprint density at radius 2 is 2.20 bits per heavy atom. The Morgan fingerprint density at radius 1 is 1.35 bits per heavy atom. The molecule has 1 aliphatic heterocycles. The second kappa shape index (κ2) is 5.83. The van der Waals surface area contributed by atoms with Crippen LogP contribution in [0.25, 0.3) is 5.82 Å². The van der Waals surface area contributed by atoms with E-state index in [1.54, 1.807) is 18.7 Å². The van der Waals surface area contributed by atoms with Crippen LogP contribution < -0.4 is 5.32 Å². The summed E-state index contributed by atoms with van der Waals surface area (Å²) in [7, 11) is 0. The molecule has 1 saturated heterocycles. The minimum atomic E-state index is 0.0390. The standard InChI is InChI=1S/C14H16N4O2/c19-14(11-3-7-20-8-4-11)17-12-1-2-13(16-9-12)18-6-5-15-10-18/h1-2,5-6,9-11H,3-4,7-8H2,(H,17,19). The van der Waals surface area contributed by atoms with Gasteiger partial charge in [0.15, 0.2) is 0 Å². The maximum absolute atomic E-state index is 12.1. The number of carbonyl (C=O) groups excluding carboxylic acids is 1. The predicted molar refractivity (Wildman–Crippen MR) is 73.5 cm³/mol. The van der Waals surface area contributed by atoms with E-state index in [-0.39, 0.29) is 11.8 Å². The first kappa shape index (κ1) is 12.8. The number of amides is 1. The fourth-order valence-corrected chi connectivity index (χ4v) is 2.21. The fraction of sp³-hybridized carbons (Fsp3) is 0.357. The lowest BCUT2D eigenvalue weighted by molar-refractivity contribution is -0.122. The topological polar surface area (TPSA) is 69.0 Å². The second-order valence-corrected chi connectivity index (χ2v) is 4.75. The molecule has 1 fully saturated rings. The molecule has 1 amide bonds. The third kappa shape index (κ3) is 2.85. The molecule has 0 saturated carbocycles. The van der Waals surface area contributed by atoms with Crippen LogP contribution in [0.1, 0.15) is 12.8 Å². The van der Waals surface area contributed by atoms with Gasteiger partial charge in [0, 0.05) is 31.5 Å². The van der Waals surface area contributed by atoms with Crippen molar-refractivity contribution in [3.63, 3.8) is 0 Å². The summed E-state index contributed by atoms with van der Waals surface area (Å²) in [6, 6.07) is 3.70. The molecule has 6 nitrogen and oxygen atoms in total. The highest BCUT2D eigenvalue weighted by molar-refractivity contribution is 5.92. The summed E-state index contributed by atoms with van der Waals surface area (Å²) in [5.41, 5.74) is 0.713. The van der Waals surface area contributed by atoms with Crippen LogP contribution in [0.2, 0.25) is 0 Å². The van der Waals surface area contributed by atoms with Crippen molar-refractivity contribution in [3.05, 3.63) is 37.1 Å². The minimum absolute atomic E-state index is 0.0390. The van der Waals surface area contributed by atoms with Crippen LogP contribution in [0, 0.1) is 5.92 Å². The van der Waals surface area contributed by atoms with E-state index < -0.39 is 0 Å². The summed E-state index contributed by atoms with van der Waals surface area (Å²) in [5, 5.41) is 2.90. The van der Waals surface area contributed by atoms with E-state index in [0.717, 1.165) is 18.7 Å². The second-order valence-electron chi connectivity index (χ2n) is 4.75. The molecule has 2 aromatic rings. The molecule has 2 aromatic heterocycles. The van der Waals surface area contributed by atoms with Gasteiger partial charge in [0.1, 0.15) is 12.1 Å². The number of nitrogens with zero attached hydrogens (tertiary/aromatic N) is 3. The van der Waals surface area contributed by atoms with E-state index in [0.29, 0.717) is 18.9 Å². The zero-order valence-electron chi connectivity index (χ0n) is 11.0. The number of aromatic nitrogens is 3. The summed E-state index contributed by atoms with van der Waals surface area (Å²) >= 11 is 0. The number of ether oxygens (including phenoxy) is 1. The van der Waals surface area contributed by atoms with E-state index in [4.69, 9.17) is 4.74 Å². The summed E-state index contributed by atoms with van der Waals surface area (Å²) in [6.45, 7) is 1.33. The van der Waals surface area contributed by atoms with Crippen LogP contribution in [0.3, 0.4) is 0 Å². The van der Waals surface area contributed by atoms with Crippen LogP contribution in [0.4, 0.5) is 5.69 Å². The van der Waals surface area contributed by atoms with Gasteiger partial charge < -0.3 is 10.1 Å². The Bertz CT molecular complexity index is 559. The molecule has 0 atom stereocenters. The molecule has 0 spiro atoms. The van der Waals surface area contributed by atoms with Gasteiger partial charge in [-0.2, -0.15) is 0 Å². The average Bonchev–Trinajstić information content (AvgIpc) is 3.03. The van der Waals surface area contributed by atoms with Gasteiger partial charge in [0.05, 0.1) is 11.9 Å². The highest BCUT2D eigenvalue weighted by atomic mass is 16.5. The normalized spacial score (nSPS) is 16.0. The van der Waals surface area contributed by atoms with Crippen molar-refractivity contribution in [2.24, 2.45) is 5.92 Å². The quantitative estimate of drug-likeness (QED) is 0.922. The van der Waals surface area contributed by atoms with Crippen molar-refractivity contribution in [3.8, 4) is 5.82 Å². The molecule has 0 aliphatic carbocycles. The first-order valence-electron chi connectivity index (χ1n) is 6.66. The molecule has 0 bridgehead atoms.